The van der Waals surface area contributed by atoms with Gasteiger partial charge in [0.05, 0.1) is 38.5 Å². The zero-order valence-electron chi connectivity index (χ0n) is 18.2. The Morgan fingerprint density at radius 2 is 1.83 bits per heavy atom. The second-order valence-electron chi connectivity index (χ2n) is 7.38. The van der Waals surface area contributed by atoms with Gasteiger partial charge in [-0.1, -0.05) is 6.08 Å². The van der Waals surface area contributed by atoms with Crippen molar-refractivity contribution < 1.29 is 14.2 Å². The van der Waals surface area contributed by atoms with Gasteiger partial charge in [0.25, 0.3) is 16.9 Å². The number of nitro benzene ring substituents is 2. The average molecular weight is 590 g/mol. The molecule has 3 aromatic rings. The summed E-state index contributed by atoms with van der Waals surface area (Å²) in [6, 6.07) is 9.11. The lowest BCUT2D eigenvalue weighted by atomic mass is 10.1. The first kappa shape index (κ1) is 24.0. The van der Waals surface area contributed by atoms with E-state index in [2.05, 4.69) is 10.3 Å². The summed E-state index contributed by atoms with van der Waals surface area (Å²) in [4.78, 5) is 39.8. The molecular weight excluding hydrogens is 574 g/mol. The normalized spacial score (nSPS) is 13.6. The molecule has 0 spiro atoms. The maximum Gasteiger partial charge on any atom is 0.300 e. The van der Waals surface area contributed by atoms with Crippen LogP contribution in [0.2, 0.25) is 0 Å². The van der Waals surface area contributed by atoms with Crippen molar-refractivity contribution in [1.29, 1.82) is 0 Å². The molecule has 0 atom stereocenters. The molecular formula is C22H16FIN6O5. The van der Waals surface area contributed by atoms with E-state index in [-0.39, 0.29) is 22.9 Å². The SMILES string of the molecule is CC=C1c2c(Nc3ccc(I)cc3F)cc(=O)n(C)c2N=CN1c1ccc([N+](=O)[O-])cc1[N+](=O)[O-]. The Bertz CT molecular complexity index is 1520. The maximum atomic E-state index is 14.6. The Morgan fingerprint density at radius 3 is 2.46 bits per heavy atom. The predicted molar refractivity (Wildman–Crippen MR) is 138 cm³/mol. The Hall–Kier alpha value is -4.14. The molecule has 2 heterocycles. The van der Waals surface area contributed by atoms with Crippen LogP contribution >= 0.6 is 22.6 Å². The third-order valence-electron chi connectivity index (χ3n) is 5.32. The fraction of sp³-hybridized carbons (Fsp3) is 0.0909. The number of hydrogen-bond donors (Lipinski definition) is 1. The fourth-order valence-corrected chi connectivity index (χ4v) is 4.12. The number of benzene rings is 2. The summed E-state index contributed by atoms with van der Waals surface area (Å²) >= 11 is 1.98. The number of aliphatic imine (C=N–C) groups is 1. The summed E-state index contributed by atoms with van der Waals surface area (Å²) < 4.78 is 16.6. The van der Waals surface area contributed by atoms with Gasteiger partial charge in [-0.25, -0.2) is 9.38 Å². The van der Waals surface area contributed by atoms with Gasteiger partial charge >= 0.3 is 0 Å². The van der Waals surface area contributed by atoms with E-state index in [1.807, 2.05) is 22.6 Å². The first-order valence-corrected chi connectivity index (χ1v) is 11.1. The summed E-state index contributed by atoms with van der Waals surface area (Å²) in [7, 11) is 1.52. The molecule has 1 aliphatic rings. The van der Waals surface area contributed by atoms with Crippen LogP contribution in [-0.2, 0) is 7.05 Å². The Kier molecular flexibility index (Phi) is 6.34. The van der Waals surface area contributed by atoms with Crippen LogP contribution in [-0.4, -0.2) is 20.8 Å². The lowest BCUT2D eigenvalue weighted by Crippen LogP contribution is -2.28. The van der Waals surface area contributed by atoms with E-state index in [0.29, 0.717) is 14.8 Å². The van der Waals surface area contributed by atoms with Crippen LogP contribution in [0.15, 0.2) is 58.3 Å². The molecule has 1 aromatic heterocycles. The molecule has 0 amide bonds. The number of aromatic nitrogens is 1. The first-order valence-electron chi connectivity index (χ1n) is 10.0. The fourth-order valence-electron chi connectivity index (χ4n) is 3.67. The third-order valence-corrected chi connectivity index (χ3v) is 5.99. The number of anilines is 3. The summed E-state index contributed by atoms with van der Waals surface area (Å²) in [5.74, 6) is -0.282. The lowest BCUT2D eigenvalue weighted by Gasteiger charge is -2.29. The number of allylic oxidation sites excluding steroid dienone is 1. The van der Waals surface area contributed by atoms with Gasteiger partial charge in [-0.15, -0.1) is 0 Å². The number of pyridine rings is 1. The van der Waals surface area contributed by atoms with Crippen LogP contribution in [0.25, 0.3) is 5.70 Å². The van der Waals surface area contributed by atoms with Crippen molar-refractivity contribution in [2.75, 3.05) is 10.2 Å². The molecule has 178 valence electrons. The topological polar surface area (TPSA) is 136 Å². The number of fused-ring (bicyclic) bond motifs is 1. The molecule has 1 N–H and O–H groups in total. The van der Waals surface area contributed by atoms with Crippen molar-refractivity contribution in [1.82, 2.24) is 4.57 Å². The van der Waals surface area contributed by atoms with E-state index in [0.717, 1.165) is 12.1 Å². The predicted octanol–water partition coefficient (Wildman–Crippen LogP) is 5.23. The minimum atomic E-state index is -0.722. The minimum absolute atomic E-state index is 0.0309. The van der Waals surface area contributed by atoms with Gasteiger partial charge in [0.1, 0.15) is 23.7 Å². The molecule has 13 heteroatoms. The highest BCUT2D eigenvalue weighted by atomic mass is 127. The molecule has 0 radical (unpaired) electrons. The standard InChI is InChI=1S/C22H16FIN6O5/c1-3-17-21-16(26-15-6-4-12(24)8-14(15)23)10-20(31)27(2)22(21)25-11-28(17)18-7-5-13(29(32)33)9-19(18)30(34)35/h3-11,26H,1-2H3. The van der Waals surface area contributed by atoms with Crippen molar-refractivity contribution in [2.45, 2.75) is 6.92 Å². The number of rotatable bonds is 5. The lowest BCUT2D eigenvalue weighted by molar-refractivity contribution is -0.393. The Labute approximate surface area is 210 Å². The molecule has 0 saturated heterocycles. The monoisotopic (exact) mass is 590 g/mol. The van der Waals surface area contributed by atoms with E-state index in [4.69, 9.17) is 0 Å². The molecule has 0 bridgehead atoms. The van der Waals surface area contributed by atoms with Crippen LogP contribution in [0.4, 0.5) is 38.6 Å². The van der Waals surface area contributed by atoms with Crippen LogP contribution in [0.5, 0.6) is 0 Å². The molecule has 4 rings (SSSR count). The van der Waals surface area contributed by atoms with Gasteiger partial charge < -0.3 is 5.32 Å². The van der Waals surface area contributed by atoms with Crippen LogP contribution in [0.1, 0.15) is 12.5 Å². The number of nitrogens with one attached hydrogen (secondary N) is 1. The summed E-state index contributed by atoms with van der Waals surface area (Å²) in [5, 5.41) is 25.8. The van der Waals surface area contributed by atoms with Crippen molar-refractivity contribution in [2.24, 2.45) is 12.0 Å². The van der Waals surface area contributed by atoms with Gasteiger partial charge in [0, 0.05) is 22.8 Å². The van der Waals surface area contributed by atoms with Crippen molar-refractivity contribution in [3.63, 3.8) is 0 Å². The van der Waals surface area contributed by atoms with Crippen LogP contribution in [0.3, 0.4) is 0 Å². The second kappa shape index (κ2) is 9.25. The van der Waals surface area contributed by atoms with E-state index < -0.39 is 32.6 Å². The van der Waals surface area contributed by atoms with E-state index >= 15 is 0 Å². The van der Waals surface area contributed by atoms with Crippen molar-refractivity contribution in [3.8, 4) is 0 Å². The highest BCUT2D eigenvalue weighted by Gasteiger charge is 2.30. The highest BCUT2D eigenvalue weighted by Crippen LogP contribution is 2.43. The number of hydrogen-bond acceptors (Lipinski definition) is 8. The van der Waals surface area contributed by atoms with E-state index in [9.17, 15) is 29.4 Å². The maximum absolute atomic E-state index is 14.6. The minimum Gasteiger partial charge on any atom is -0.352 e. The molecule has 0 unspecified atom stereocenters. The number of non-ortho nitro benzene ring substituents is 1. The number of halogens is 2. The molecule has 0 fully saturated rings. The van der Waals surface area contributed by atoms with Gasteiger partial charge in [-0.2, -0.15) is 0 Å². The number of nitrogens with zero attached hydrogens (tertiary/aromatic N) is 5. The molecule has 0 saturated carbocycles. The zero-order chi connectivity index (χ0) is 25.4. The van der Waals surface area contributed by atoms with Crippen LogP contribution < -0.4 is 15.8 Å². The van der Waals surface area contributed by atoms with Gasteiger partial charge in [0.2, 0.25) is 0 Å². The molecule has 11 nitrogen and oxygen atoms in total. The average Bonchev–Trinajstić information content (AvgIpc) is 2.82. The summed E-state index contributed by atoms with van der Waals surface area (Å²) in [6.45, 7) is 1.68. The van der Waals surface area contributed by atoms with Gasteiger partial charge in [0.15, 0.2) is 0 Å². The highest BCUT2D eigenvalue weighted by molar-refractivity contribution is 14.1. The summed E-state index contributed by atoms with van der Waals surface area (Å²) in [5.41, 5.74) is -0.157. The van der Waals surface area contributed by atoms with Crippen LogP contribution in [0, 0.1) is 29.6 Å². The third kappa shape index (κ3) is 4.37. The number of nitro groups is 2. The molecule has 35 heavy (non-hydrogen) atoms. The van der Waals surface area contributed by atoms with Crippen molar-refractivity contribution >= 4 is 68.9 Å². The smallest absolute Gasteiger partial charge is 0.300 e. The van der Waals surface area contributed by atoms with Gasteiger partial charge in [-0.3, -0.25) is 34.5 Å². The molecule has 1 aliphatic heterocycles. The van der Waals surface area contributed by atoms with E-state index in [1.54, 1.807) is 19.1 Å². The largest absolute Gasteiger partial charge is 0.352 e. The van der Waals surface area contributed by atoms with Gasteiger partial charge in [-0.05, 0) is 53.8 Å². The van der Waals surface area contributed by atoms with Crippen molar-refractivity contribution in [3.05, 3.63) is 94.1 Å². The molecule has 0 aliphatic carbocycles. The first-order chi connectivity index (χ1) is 16.6. The Morgan fingerprint density at radius 1 is 1.09 bits per heavy atom. The zero-order valence-corrected chi connectivity index (χ0v) is 20.4. The van der Waals surface area contributed by atoms with E-state index in [1.165, 1.54) is 47.1 Å². The second-order valence-corrected chi connectivity index (χ2v) is 8.62. The quantitative estimate of drug-likeness (QED) is 0.244. The summed E-state index contributed by atoms with van der Waals surface area (Å²) in [6.07, 6.45) is 2.94. The Balaban J connectivity index is 1.91. The molecule has 2 aromatic carbocycles.